The molecule has 18 heteroatoms. The van der Waals surface area contributed by atoms with E-state index in [1.54, 1.807) is 40.4 Å². The van der Waals surface area contributed by atoms with Gasteiger partial charge in [0.2, 0.25) is 0 Å². The first-order chi connectivity index (χ1) is 22.4. The molecule has 12 nitrogen and oxygen atoms in total. The lowest BCUT2D eigenvalue weighted by Gasteiger charge is -2.35. The van der Waals surface area contributed by atoms with E-state index in [1.165, 1.54) is 18.2 Å². The maximum absolute atomic E-state index is 14.7. The Kier molecular flexibility index (Phi) is 9.11. The summed E-state index contributed by atoms with van der Waals surface area (Å²) in [6.07, 6.45) is -3.18. The van der Waals surface area contributed by atoms with Gasteiger partial charge in [0.15, 0.2) is 11.8 Å². The Morgan fingerprint density at radius 2 is 1.90 bits per heavy atom. The van der Waals surface area contributed by atoms with Crippen molar-refractivity contribution in [2.75, 3.05) is 6.61 Å². The van der Waals surface area contributed by atoms with Gasteiger partial charge in [0.05, 0.1) is 16.8 Å². The van der Waals surface area contributed by atoms with Crippen molar-refractivity contribution in [2.24, 2.45) is 5.41 Å². The van der Waals surface area contributed by atoms with Gasteiger partial charge < -0.3 is 19.8 Å². The lowest BCUT2D eigenvalue weighted by Crippen LogP contribution is -2.47. The summed E-state index contributed by atoms with van der Waals surface area (Å²) < 4.78 is 74.6. The average molecular weight is 696 g/mol. The van der Waals surface area contributed by atoms with Crippen molar-refractivity contribution < 1.29 is 36.3 Å². The molecule has 256 valence electrons. The fourth-order valence-electron chi connectivity index (χ4n) is 5.56. The van der Waals surface area contributed by atoms with Crippen LogP contribution in [0.15, 0.2) is 55.2 Å². The fraction of sp³-hybridized carbons (Fsp3) is 0.400. The molecular weight excluding hydrogens is 665 g/mol. The van der Waals surface area contributed by atoms with Crippen LogP contribution in [0.2, 0.25) is 5.02 Å². The third-order valence-corrected chi connectivity index (χ3v) is 8.02. The van der Waals surface area contributed by atoms with E-state index in [1.807, 2.05) is 20.8 Å². The van der Waals surface area contributed by atoms with Gasteiger partial charge in [0.25, 0.3) is 12.3 Å². The van der Waals surface area contributed by atoms with Crippen LogP contribution in [0.3, 0.4) is 0 Å². The van der Waals surface area contributed by atoms with Gasteiger partial charge in [-0.1, -0.05) is 44.5 Å². The van der Waals surface area contributed by atoms with Gasteiger partial charge in [-0.15, -0.1) is 0 Å². The molecule has 3 N–H and O–H groups in total. The first kappa shape index (κ1) is 34.5. The van der Waals surface area contributed by atoms with Crippen LogP contribution >= 0.6 is 11.6 Å². The molecular formula is C30H31ClF5N9O3. The van der Waals surface area contributed by atoms with E-state index in [4.69, 9.17) is 21.7 Å². The number of rotatable bonds is 9. The molecule has 1 aliphatic rings. The van der Waals surface area contributed by atoms with Gasteiger partial charge in [-0.25, -0.2) is 28.2 Å². The number of hydrogen-bond donors (Lipinski definition) is 3. The molecule has 1 aliphatic heterocycles. The van der Waals surface area contributed by atoms with Gasteiger partial charge in [-0.05, 0) is 42.5 Å². The van der Waals surface area contributed by atoms with Crippen molar-refractivity contribution in [3.05, 3.63) is 77.2 Å². The predicted octanol–water partition coefficient (Wildman–Crippen LogP) is 5.92. The Hall–Kier alpha value is -4.80. The number of nitrogens with one attached hydrogen (secondary N) is 3. The number of imidazole rings is 1. The summed E-state index contributed by atoms with van der Waals surface area (Å²) in [7, 11) is 0. The minimum absolute atomic E-state index is 0.0285. The summed E-state index contributed by atoms with van der Waals surface area (Å²) in [4.78, 5) is 36.1. The van der Waals surface area contributed by atoms with Crippen LogP contribution in [0.25, 0.3) is 11.3 Å². The largest absolute Gasteiger partial charge is 0.447 e. The number of nitrogens with zero attached hydrogens (tertiary/aromatic N) is 6. The molecule has 48 heavy (non-hydrogen) atoms. The quantitative estimate of drug-likeness (QED) is 0.185. The van der Waals surface area contributed by atoms with Crippen LogP contribution in [0.4, 0.5) is 26.7 Å². The topological polar surface area (TPSA) is 143 Å². The van der Waals surface area contributed by atoms with E-state index >= 15 is 0 Å². The van der Waals surface area contributed by atoms with Crippen molar-refractivity contribution >= 4 is 35.2 Å². The summed E-state index contributed by atoms with van der Waals surface area (Å²) in [5, 5.41) is 17.5. The minimum atomic E-state index is -4.76. The number of amides is 2. The molecule has 5 rings (SSSR count). The molecule has 1 aromatic carbocycles. The number of benzene rings is 1. The number of aromatic nitrogens is 5. The number of alkyl halides is 5. The maximum atomic E-state index is 14.7. The first-order valence-electron chi connectivity index (χ1n) is 14.5. The molecule has 3 aromatic heterocycles. The summed E-state index contributed by atoms with van der Waals surface area (Å²) in [5.74, 6) is -1.77. The molecule has 1 saturated heterocycles. The Labute approximate surface area is 275 Å². The highest BCUT2D eigenvalue weighted by molar-refractivity contribution is 6.32. The van der Waals surface area contributed by atoms with Crippen molar-refractivity contribution in [3.8, 4) is 5.69 Å². The molecule has 1 fully saturated rings. The van der Waals surface area contributed by atoms with Gasteiger partial charge in [0, 0.05) is 24.2 Å². The molecule has 3 atom stereocenters. The Bertz CT molecular complexity index is 1850. The molecule has 0 bridgehead atoms. The molecule has 0 unspecified atom stereocenters. The number of alkyl carbamates (subject to hydrolysis) is 1. The smallest absolute Gasteiger partial charge is 0.408 e. The normalized spacial score (nSPS) is 18.4. The Balaban J connectivity index is 1.60. The van der Waals surface area contributed by atoms with Gasteiger partial charge in [0.1, 0.15) is 30.2 Å². The van der Waals surface area contributed by atoms with Gasteiger partial charge >= 0.3 is 12.3 Å². The molecule has 0 aliphatic carbocycles. The first-order valence-corrected chi connectivity index (χ1v) is 14.9. The second-order valence-corrected chi connectivity index (χ2v) is 12.9. The van der Waals surface area contributed by atoms with E-state index in [0.717, 1.165) is 22.8 Å². The summed E-state index contributed by atoms with van der Waals surface area (Å²) in [6.45, 7) is 5.71. The molecule has 2 amide bonds. The third kappa shape index (κ3) is 6.77. The molecule has 0 spiro atoms. The second kappa shape index (κ2) is 12.7. The summed E-state index contributed by atoms with van der Waals surface area (Å²) >= 11 is 6.37. The minimum Gasteiger partial charge on any atom is -0.447 e. The number of halogens is 6. The predicted molar refractivity (Wildman–Crippen MR) is 163 cm³/mol. The number of carbonyl (C=O) groups is 2. The maximum Gasteiger partial charge on any atom is 0.408 e. The van der Waals surface area contributed by atoms with Gasteiger partial charge in [-0.3, -0.25) is 15.1 Å². The van der Waals surface area contributed by atoms with Crippen LogP contribution in [0.5, 0.6) is 0 Å². The Morgan fingerprint density at radius 1 is 1.17 bits per heavy atom. The standard InChI is InChI=1S/C30H31ClF5N9O3/c1-16(30(34,35)36)41-27(47)48-13-21(17-5-7-19(31)20(11-17)45-24(23(32)33)39-15-40-45)44-25(46)29(42-26(44)37,14-28(2,3)4)18-6-8-22-38-9-10-43(22)12-18/h5-12,15-16,21,23H,13-14H2,1-4H3,(H2,37,42)(H,41,47)/t16-,21+,29+/m0/s1. The number of pyridine rings is 1. The average Bonchev–Trinajstić information content (AvgIpc) is 3.72. The number of guanidine groups is 1. The monoisotopic (exact) mass is 695 g/mol. The molecule has 0 radical (unpaired) electrons. The van der Waals surface area contributed by atoms with Crippen LogP contribution < -0.4 is 10.6 Å². The lowest BCUT2D eigenvalue weighted by molar-refractivity contribution is -0.150. The highest BCUT2D eigenvalue weighted by Gasteiger charge is 2.55. The van der Waals surface area contributed by atoms with E-state index in [-0.39, 0.29) is 22.7 Å². The van der Waals surface area contributed by atoms with E-state index in [9.17, 15) is 31.5 Å². The van der Waals surface area contributed by atoms with Crippen LogP contribution in [0, 0.1) is 10.8 Å². The third-order valence-electron chi connectivity index (χ3n) is 7.70. The SMILES string of the molecule is C[C@H](NC(=O)OC[C@H](c1ccc(Cl)c(-n2ncnc2C(F)F)c1)N1C(=N)N[C@](CC(C)(C)C)(c2ccc3nccn3c2)C1=O)C(F)(F)F. The van der Waals surface area contributed by atoms with Crippen molar-refractivity contribution in [1.29, 1.82) is 5.41 Å². The van der Waals surface area contributed by atoms with Crippen molar-refractivity contribution in [1.82, 2.24) is 39.7 Å². The highest BCUT2D eigenvalue weighted by Crippen LogP contribution is 2.42. The van der Waals surface area contributed by atoms with E-state index in [0.29, 0.717) is 11.2 Å². The number of fused-ring (bicyclic) bond motifs is 1. The summed E-state index contributed by atoms with van der Waals surface area (Å²) in [5.41, 5.74) is -0.856. The van der Waals surface area contributed by atoms with E-state index < -0.39 is 66.0 Å². The number of ether oxygens (including phenoxy) is 1. The molecule has 0 saturated carbocycles. The second-order valence-electron chi connectivity index (χ2n) is 12.5. The van der Waals surface area contributed by atoms with Crippen LogP contribution in [-0.2, 0) is 15.1 Å². The van der Waals surface area contributed by atoms with Crippen molar-refractivity contribution in [2.45, 2.75) is 64.3 Å². The molecule has 4 aromatic rings. The zero-order valence-electron chi connectivity index (χ0n) is 26.0. The van der Waals surface area contributed by atoms with E-state index in [2.05, 4.69) is 20.4 Å². The zero-order chi connectivity index (χ0) is 35.2. The van der Waals surface area contributed by atoms with Crippen LogP contribution in [-0.4, -0.2) is 65.8 Å². The number of hydrogen-bond acceptors (Lipinski definition) is 7. The van der Waals surface area contributed by atoms with Gasteiger partial charge in [-0.2, -0.15) is 18.3 Å². The van der Waals surface area contributed by atoms with Crippen molar-refractivity contribution in [3.63, 3.8) is 0 Å². The highest BCUT2D eigenvalue weighted by atomic mass is 35.5. The fourth-order valence-corrected chi connectivity index (χ4v) is 5.76. The number of carbonyl (C=O) groups excluding carboxylic acids is 2. The molecule has 4 heterocycles. The van der Waals surface area contributed by atoms with Crippen LogP contribution in [0.1, 0.15) is 63.5 Å². The zero-order valence-corrected chi connectivity index (χ0v) is 26.8. The Morgan fingerprint density at radius 3 is 2.56 bits per heavy atom. The summed E-state index contributed by atoms with van der Waals surface area (Å²) in [6, 6.07) is 3.85. The lowest BCUT2D eigenvalue weighted by atomic mass is 9.76.